The molecule has 3 aliphatic heterocycles. The van der Waals surface area contributed by atoms with E-state index in [-0.39, 0.29) is 17.7 Å². The van der Waals surface area contributed by atoms with E-state index in [1.54, 1.807) is 6.20 Å². The van der Waals surface area contributed by atoms with Gasteiger partial charge >= 0.3 is 0 Å². The van der Waals surface area contributed by atoms with Crippen molar-refractivity contribution in [2.24, 2.45) is 16.8 Å². The van der Waals surface area contributed by atoms with E-state index in [1.807, 2.05) is 28.7 Å². The molecule has 0 N–H and O–H groups in total. The van der Waals surface area contributed by atoms with E-state index in [1.165, 1.54) is 6.42 Å². The molecule has 2 aliphatic carbocycles. The van der Waals surface area contributed by atoms with E-state index >= 15 is 0 Å². The first-order valence-corrected chi connectivity index (χ1v) is 12.8. The molecule has 8 heteroatoms. The minimum atomic E-state index is -0.318. The Labute approximate surface area is 200 Å². The molecular formula is C26H33N5O3. The van der Waals surface area contributed by atoms with Gasteiger partial charge in [-0.25, -0.2) is 4.99 Å². The lowest BCUT2D eigenvalue weighted by Gasteiger charge is -2.38. The summed E-state index contributed by atoms with van der Waals surface area (Å²) in [6.07, 6.45) is 11.3. The molecule has 4 heterocycles. The van der Waals surface area contributed by atoms with Gasteiger partial charge < -0.3 is 9.64 Å². The van der Waals surface area contributed by atoms with Gasteiger partial charge in [-0.05, 0) is 51.0 Å². The highest BCUT2D eigenvalue weighted by atomic mass is 16.5. The number of amides is 2. The van der Waals surface area contributed by atoms with Crippen LogP contribution in [0.2, 0.25) is 0 Å². The summed E-state index contributed by atoms with van der Waals surface area (Å²) in [5, 5.41) is 4.55. The van der Waals surface area contributed by atoms with Crippen molar-refractivity contribution in [3.63, 3.8) is 0 Å². The number of aromatic nitrogens is 2. The van der Waals surface area contributed by atoms with E-state index in [2.05, 4.69) is 15.0 Å². The second-order valence-electron chi connectivity index (χ2n) is 10.4. The van der Waals surface area contributed by atoms with Crippen LogP contribution < -0.4 is 0 Å². The van der Waals surface area contributed by atoms with Crippen LogP contribution in [0.3, 0.4) is 0 Å². The summed E-state index contributed by atoms with van der Waals surface area (Å²) in [5.74, 6) is 0.314. The first-order chi connectivity index (χ1) is 16.6. The fourth-order valence-corrected chi connectivity index (χ4v) is 5.83. The number of allylic oxidation sites excluding steroid dienone is 2. The van der Waals surface area contributed by atoms with Gasteiger partial charge in [-0.15, -0.1) is 0 Å². The standard InChI is InChI=1S/C26H33N5O3/c1-17-13-23-21(24-22(25(32)28-23)15-27-31(24)19-3-2-4-19)14-20(17)26(33)30-9-7-29(8-10-30)16-18-5-11-34-12-6-18/h13-15,18-20H,2-12,16H2,1H3. The summed E-state index contributed by atoms with van der Waals surface area (Å²) >= 11 is 0. The number of carbonyl (C=O) groups is 2. The Bertz CT molecular complexity index is 1080. The van der Waals surface area contributed by atoms with Crippen LogP contribution in [0.1, 0.15) is 61.1 Å². The topological polar surface area (TPSA) is 80.0 Å². The number of ether oxygens (including phenoxy) is 1. The molecule has 1 saturated carbocycles. The zero-order valence-electron chi connectivity index (χ0n) is 19.9. The van der Waals surface area contributed by atoms with Crippen molar-refractivity contribution in [3.05, 3.63) is 35.2 Å². The van der Waals surface area contributed by atoms with Gasteiger partial charge in [-0.3, -0.25) is 19.2 Å². The second-order valence-corrected chi connectivity index (χ2v) is 10.4. The van der Waals surface area contributed by atoms with Crippen molar-refractivity contribution in [1.82, 2.24) is 19.6 Å². The van der Waals surface area contributed by atoms with Gasteiger partial charge in [-0.1, -0.05) is 11.6 Å². The maximum Gasteiger partial charge on any atom is 0.281 e. The lowest BCUT2D eigenvalue weighted by Crippen LogP contribution is -2.51. The summed E-state index contributed by atoms with van der Waals surface area (Å²) in [5.41, 5.74) is 3.91. The monoisotopic (exact) mass is 463 g/mol. The number of carbonyl (C=O) groups excluding carboxylic acids is 2. The Morgan fingerprint density at radius 3 is 2.59 bits per heavy atom. The molecule has 8 nitrogen and oxygen atoms in total. The van der Waals surface area contributed by atoms with E-state index < -0.39 is 0 Å². The zero-order chi connectivity index (χ0) is 23.2. The number of rotatable bonds is 4. The molecule has 2 amide bonds. The molecular weight excluding hydrogens is 430 g/mol. The van der Waals surface area contributed by atoms with Crippen LogP contribution in [0, 0.1) is 11.8 Å². The number of fused-ring (bicyclic) bond motifs is 3. The molecule has 0 aromatic carbocycles. The van der Waals surface area contributed by atoms with Crippen LogP contribution in [0.4, 0.5) is 0 Å². The van der Waals surface area contributed by atoms with Crippen LogP contribution in [-0.2, 0) is 9.53 Å². The van der Waals surface area contributed by atoms with Crippen LogP contribution in [0.15, 0.2) is 28.9 Å². The third-order valence-corrected chi connectivity index (χ3v) is 8.20. The largest absolute Gasteiger partial charge is 0.381 e. The Balaban J connectivity index is 1.19. The van der Waals surface area contributed by atoms with E-state index in [0.29, 0.717) is 23.2 Å². The van der Waals surface area contributed by atoms with Crippen molar-refractivity contribution in [3.8, 4) is 0 Å². The summed E-state index contributed by atoms with van der Waals surface area (Å²) in [4.78, 5) is 35.1. The van der Waals surface area contributed by atoms with E-state index in [9.17, 15) is 9.59 Å². The molecule has 1 atom stereocenters. The van der Waals surface area contributed by atoms with E-state index in [0.717, 1.165) is 88.5 Å². The SMILES string of the molecule is CC1=CC2=NC(=O)c3cnn(C4CCC4)c3C2=CC1C(=O)N1CCN(CC2CCOCC2)CC1. The highest BCUT2D eigenvalue weighted by Gasteiger charge is 2.37. The van der Waals surface area contributed by atoms with Crippen LogP contribution >= 0.6 is 0 Å². The summed E-state index contributed by atoms with van der Waals surface area (Å²) in [6.45, 7) is 8.22. The van der Waals surface area contributed by atoms with Gasteiger partial charge in [0.25, 0.3) is 5.91 Å². The summed E-state index contributed by atoms with van der Waals surface area (Å²) in [6, 6.07) is 0.335. The summed E-state index contributed by atoms with van der Waals surface area (Å²) in [7, 11) is 0. The average Bonchev–Trinajstić information content (AvgIpc) is 3.24. The maximum absolute atomic E-state index is 13.6. The van der Waals surface area contributed by atoms with Gasteiger partial charge in [0.1, 0.15) is 0 Å². The molecule has 1 aromatic heterocycles. The number of nitrogens with zero attached hydrogens (tertiary/aromatic N) is 5. The average molecular weight is 464 g/mol. The lowest BCUT2D eigenvalue weighted by molar-refractivity contribution is -0.134. The highest BCUT2D eigenvalue weighted by molar-refractivity contribution is 6.36. The molecule has 1 aromatic rings. The predicted molar refractivity (Wildman–Crippen MR) is 129 cm³/mol. The molecule has 1 unspecified atom stereocenters. The first kappa shape index (κ1) is 21.9. The fraction of sp³-hybridized carbons (Fsp3) is 0.615. The molecule has 2 saturated heterocycles. The van der Waals surface area contributed by atoms with Gasteiger partial charge in [0, 0.05) is 51.5 Å². The normalized spacial score (nSPS) is 26.3. The Morgan fingerprint density at radius 1 is 1.12 bits per heavy atom. The van der Waals surface area contributed by atoms with Crippen molar-refractivity contribution >= 4 is 23.1 Å². The molecule has 3 fully saturated rings. The molecule has 0 spiro atoms. The fourth-order valence-electron chi connectivity index (χ4n) is 5.83. The van der Waals surface area contributed by atoms with Gasteiger partial charge in [0.15, 0.2) is 0 Å². The van der Waals surface area contributed by atoms with Crippen molar-refractivity contribution < 1.29 is 14.3 Å². The maximum atomic E-state index is 13.6. The summed E-state index contributed by atoms with van der Waals surface area (Å²) < 4.78 is 7.49. The van der Waals surface area contributed by atoms with Gasteiger partial charge in [0.2, 0.25) is 5.91 Å². The van der Waals surface area contributed by atoms with Crippen molar-refractivity contribution in [1.29, 1.82) is 0 Å². The molecule has 0 bridgehead atoms. The molecule has 5 aliphatic rings. The third-order valence-electron chi connectivity index (χ3n) is 8.20. The van der Waals surface area contributed by atoms with Crippen molar-refractivity contribution in [2.75, 3.05) is 45.9 Å². The molecule has 0 radical (unpaired) electrons. The number of hydrogen-bond donors (Lipinski definition) is 0. The zero-order valence-corrected chi connectivity index (χ0v) is 19.9. The van der Waals surface area contributed by atoms with Gasteiger partial charge in [0.05, 0.1) is 35.1 Å². The smallest absolute Gasteiger partial charge is 0.281 e. The number of piperazine rings is 1. The Morgan fingerprint density at radius 2 is 1.88 bits per heavy atom. The molecule has 6 rings (SSSR count). The highest BCUT2D eigenvalue weighted by Crippen LogP contribution is 2.39. The third kappa shape index (κ3) is 3.86. The van der Waals surface area contributed by atoms with Crippen LogP contribution in [0.5, 0.6) is 0 Å². The molecule has 34 heavy (non-hydrogen) atoms. The van der Waals surface area contributed by atoms with Crippen LogP contribution in [0.25, 0.3) is 5.57 Å². The lowest BCUT2D eigenvalue weighted by atomic mass is 9.84. The minimum absolute atomic E-state index is 0.152. The molecule has 180 valence electrons. The Hall–Kier alpha value is -2.58. The second kappa shape index (κ2) is 8.89. The number of aliphatic imine (C=N–C) groups is 1. The predicted octanol–water partition coefficient (Wildman–Crippen LogP) is 2.73. The quantitative estimate of drug-likeness (QED) is 0.686. The van der Waals surface area contributed by atoms with E-state index in [4.69, 9.17) is 4.74 Å². The van der Waals surface area contributed by atoms with Crippen molar-refractivity contribution in [2.45, 2.75) is 45.1 Å². The van der Waals surface area contributed by atoms with Gasteiger partial charge in [-0.2, -0.15) is 5.10 Å². The Kier molecular flexibility index (Phi) is 5.73. The first-order valence-electron chi connectivity index (χ1n) is 12.8. The minimum Gasteiger partial charge on any atom is -0.381 e. The number of hydrogen-bond acceptors (Lipinski definition) is 5. The van der Waals surface area contributed by atoms with Crippen LogP contribution in [-0.4, -0.2) is 83.0 Å².